The van der Waals surface area contributed by atoms with Gasteiger partial charge in [0.15, 0.2) is 0 Å². The largest absolute Gasteiger partial charge is 0.463 e. The summed E-state index contributed by atoms with van der Waals surface area (Å²) in [5.41, 5.74) is -0.862. The maximum atomic E-state index is 11.7. The van der Waals surface area contributed by atoms with Crippen LogP contribution in [-0.4, -0.2) is 36.6 Å². The average molecular weight is 470 g/mol. The van der Waals surface area contributed by atoms with Gasteiger partial charge in [-0.1, -0.05) is 110 Å². The fraction of sp³-hybridized carbons (Fsp3) is 0.889. The first-order chi connectivity index (χ1) is 15.8. The number of hydrogen-bond donors (Lipinski definition) is 1. The molecular formula is C27H51NO5. The molecule has 0 aromatic rings. The van der Waals surface area contributed by atoms with E-state index < -0.39 is 17.5 Å². The number of nitrogens with one attached hydrogen (secondary N) is 1. The molecule has 0 unspecified atom stereocenters. The topological polar surface area (TPSA) is 81.7 Å². The van der Waals surface area contributed by atoms with Gasteiger partial charge in [-0.15, -0.1) is 0 Å². The molecule has 0 saturated carbocycles. The Bertz CT molecular complexity index is 503. The molecule has 6 nitrogen and oxygen atoms in total. The lowest BCUT2D eigenvalue weighted by molar-refractivity contribution is -0.150. The van der Waals surface area contributed by atoms with E-state index in [4.69, 9.17) is 9.47 Å². The van der Waals surface area contributed by atoms with Gasteiger partial charge in [0.2, 0.25) is 5.91 Å². The summed E-state index contributed by atoms with van der Waals surface area (Å²) in [6.45, 7) is 6.37. The van der Waals surface area contributed by atoms with Crippen molar-refractivity contribution in [2.45, 2.75) is 142 Å². The third-order valence-corrected chi connectivity index (χ3v) is 6.05. The molecule has 6 heteroatoms. The van der Waals surface area contributed by atoms with Crippen molar-refractivity contribution >= 4 is 17.8 Å². The van der Waals surface area contributed by atoms with E-state index in [0.717, 1.165) is 19.3 Å². The average Bonchev–Trinajstić information content (AvgIpc) is 2.75. The maximum absolute atomic E-state index is 11.7. The lowest BCUT2D eigenvalue weighted by Gasteiger charge is -2.33. The fourth-order valence-corrected chi connectivity index (χ4v) is 4.19. The van der Waals surface area contributed by atoms with Crippen molar-refractivity contribution in [2.75, 3.05) is 13.2 Å². The molecule has 194 valence electrons. The van der Waals surface area contributed by atoms with Crippen LogP contribution in [0.5, 0.6) is 0 Å². The lowest BCUT2D eigenvalue weighted by atomic mass is 9.92. The van der Waals surface area contributed by atoms with Crippen molar-refractivity contribution in [3.8, 4) is 0 Å². The first kappa shape index (κ1) is 31.4. The second-order valence-electron chi connectivity index (χ2n) is 9.58. The van der Waals surface area contributed by atoms with Crippen LogP contribution in [0, 0.1) is 0 Å². The van der Waals surface area contributed by atoms with Crippen LogP contribution >= 0.6 is 0 Å². The van der Waals surface area contributed by atoms with Crippen molar-refractivity contribution < 1.29 is 23.9 Å². The highest BCUT2D eigenvalue weighted by Crippen LogP contribution is 2.19. The van der Waals surface area contributed by atoms with Crippen molar-refractivity contribution in [2.24, 2.45) is 0 Å². The summed E-state index contributed by atoms with van der Waals surface area (Å²) < 4.78 is 10.4. The number of hydrogen-bond acceptors (Lipinski definition) is 5. The summed E-state index contributed by atoms with van der Waals surface area (Å²) in [7, 11) is 0. The normalized spacial score (nSPS) is 11.3. The first-order valence-electron chi connectivity index (χ1n) is 13.4. The summed E-state index contributed by atoms with van der Waals surface area (Å²) in [5, 5.41) is 2.86. The number of carbonyl (C=O) groups excluding carboxylic acids is 3. The van der Waals surface area contributed by atoms with Crippen LogP contribution in [0.4, 0.5) is 0 Å². The van der Waals surface area contributed by atoms with Gasteiger partial charge in [-0.05, 0) is 6.42 Å². The Morgan fingerprint density at radius 2 is 0.909 bits per heavy atom. The summed E-state index contributed by atoms with van der Waals surface area (Å²) in [4.78, 5) is 34.3. The number of carbonyl (C=O) groups is 3. The molecule has 0 aliphatic heterocycles. The van der Waals surface area contributed by atoms with Crippen LogP contribution in [0.1, 0.15) is 137 Å². The van der Waals surface area contributed by atoms with Gasteiger partial charge in [0.1, 0.15) is 18.8 Å². The minimum absolute atomic E-state index is 0.00787. The Morgan fingerprint density at radius 3 is 1.21 bits per heavy atom. The SMILES string of the molecule is CCCCCCCCCCCCCCCCCCC(COC(C)=O)(COC(C)=O)NC(C)=O. The van der Waals surface area contributed by atoms with E-state index in [9.17, 15) is 14.4 Å². The highest BCUT2D eigenvalue weighted by atomic mass is 16.5. The molecule has 0 rings (SSSR count). The second kappa shape index (κ2) is 21.0. The van der Waals surface area contributed by atoms with E-state index in [1.807, 2.05) is 0 Å². The van der Waals surface area contributed by atoms with Gasteiger partial charge < -0.3 is 14.8 Å². The smallest absolute Gasteiger partial charge is 0.302 e. The zero-order valence-corrected chi connectivity index (χ0v) is 22.0. The van der Waals surface area contributed by atoms with E-state index in [-0.39, 0.29) is 19.1 Å². The third-order valence-electron chi connectivity index (χ3n) is 6.05. The van der Waals surface area contributed by atoms with Gasteiger partial charge in [-0.2, -0.15) is 0 Å². The van der Waals surface area contributed by atoms with E-state index in [1.54, 1.807) is 0 Å². The molecule has 0 saturated heterocycles. The van der Waals surface area contributed by atoms with Crippen LogP contribution in [0.2, 0.25) is 0 Å². The number of esters is 2. The Kier molecular flexibility index (Phi) is 20.0. The predicted molar refractivity (Wildman–Crippen MR) is 134 cm³/mol. The summed E-state index contributed by atoms with van der Waals surface area (Å²) in [6, 6.07) is 0. The Balaban J connectivity index is 3.96. The van der Waals surface area contributed by atoms with Crippen molar-refractivity contribution in [3.63, 3.8) is 0 Å². The monoisotopic (exact) mass is 469 g/mol. The molecule has 0 fully saturated rings. The Labute approximate surface area is 202 Å². The molecule has 1 amide bonds. The molecule has 0 aromatic carbocycles. The molecule has 0 radical (unpaired) electrons. The Morgan fingerprint density at radius 1 is 0.576 bits per heavy atom. The number of amides is 1. The zero-order valence-electron chi connectivity index (χ0n) is 22.0. The van der Waals surface area contributed by atoms with Crippen LogP contribution in [-0.2, 0) is 23.9 Å². The van der Waals surface area contributed by atoms with Gasteiger partial charge in [0.25, 0.3) is 0 Å². The summed E-state index contributed by atoms with van der Waals surface area (Å²) >= 11 is 0. The van der Waals surface area contributed by atoms with Gasteiger partial charge in [-0.3, -0.25) is 14.4 Å². The van der Waals surface area contributed by atoms with Crippen LogP contribution in [0.15, 0.2) is 0 Å². The molecule has 0 atom stereocenters. The quantitative estimate of drug-likeness (QED) is 0.142. The number of rotatable bonds is 22. The first-order valence-corrected chi connectivity index (χ1v) is 13.4. The molecule has 0 spiro atoms. The number of unbranched alkanes of at least 4 members (excludes halogenated alkanes) is 15. The maximum Gasteiger partial charge on any atom is 0.302 e. The highest BCUT2D eigenvalue weighted by Gasteiger charge is 2.33. The standard InChI is InChI=1S/C27H51NO5/c1-5-6-7-8-9-10-11-12-13-14-15-16-17-18-19-20-21-27(28-24(2)29,22-32-25(3)30)23-33-26(4)31/h5-23H2,1-4H3,(H,28,29). The van der Waals surface area contributed by atoms with Gasteiger partial charge >= 0.3 is 11.9 Å². The summed E-state index contributed by atoms with van der Waals surface area (Å²) in [6.07, 6.45) is 21.3. The fourth-order valence-electron chi connectivity index (χ4n) is 4.19. The molecule has 0 aromatic heterocycles. The predicted octanol–water partition coefficient (Wildman–Crippen LogP) is 6.64. The molecule has 0 bridgehead atoms. The molecule has 0 aliphatic rings. The molecule has 0 heterocycles. The van der Waals surface area contributed by atoms with Crippen LogP contribution in [0.3, 0.4) is 0 Å². The highest BCUT2D eigenvalue weighted by molar-refractivity contribution is 5.74. The van der Waals surface area contributed by atoms with Gasteiger partial charge in [0.05, 0.1) is 0 Å². The van der Waals surface area contributed by atoms with Crippen molar-refractivity contribution in [3.05, 3.63) is 0 Å². The van der Waals surface area contributed by atoms with Gasteiger partial charge in [-0.25, -0.2) is 0 Å². The van der Waals surface area contributed by atoms with E-state index >= 15 is 0 Å². The van der Waals surface area contributed by atoms with Crippen molar-refractivity contribution in [1.82, 2.24) is 5.32 Å². The molecular weight excluding hydrogens is 418 g/mol. The summed E-state index contributed by atoms with van der Waals surface area (Å²) in [5.74, 6) is -1.06. The second-order valence-corrected chi connectivity index (χ2v) is 9.58. The lowest BCUT2D eigenvalue weighted by Crippen LogP contribution is -2.55. The van der Waals surface area contributed by atoms with E-state index in [2.05, 4.69) is 12.2 Å². The van der Waals surface area contributed by atoms with Crippen LogP contribution < -0.4 is 5.32 Å². The number of ether oxygens (including phenoxy) is 2. The van der Waals surface area contributed by atoms with Gasteiger partial charge in [0, 0.05) is 20.8 Å². The van der Waals surface area contributed by atoms with Crippen molar-refractivity contribution in [1.29, 1.82) is 0 Å². The minimum Gasteiger partial charge on any atom is -0.463 e. The zero-order chi connectivity index (χ0) is 24.8. The molecule has 33 heavy (non-hydrogen) atoms. The third kappa shape index (κ3) is 20.7. The minimum atomic E-state index is -0.862. The molecule has 0 aliphatic carbocycles. The van der Waals surface area contributed by atoms with E-state index in [1.165, 1.54) is 104 Å². The molecule has 1 N–H and O–H groups in total. The van der Waals surface area contributed by atoms with E-state index in [0.29, 0.717) is 6.42 Å². The Hall–Kier alpha value is -1.59. The van der Waals surface area contributed by atoms with Crippen LogP contribution in [0.25, 0.3) is 0 Å².